The lowest BCUT2D eigenvalue weighted by Crippen LogP contribution is -2.30. The lowest BCUT2D eigenvalue weighted by atomic mass is 9.79. The molecule has 1 aliphatic rings. The summed E-state index contributed by atoms with van der Waals surface area (Å²) in [5, 5.41) is 13.2. The van der Waals surface area contributed by atoms with Crippen LogP contribution in [0.2, 0.25) is 5.02 Å². The SMILES string of the molecule is CC1CCC(Nc2cccc(Cl)c2C#N)CC1C. The summed E-state index contributed by atoms with van der Waals surface area (Å²) in [6.07, 6.45) is 3.59. The Kier molecular flexibility index (Phi) is 4.14. The van der Waals surface area contributed by atoms with Gasteiger partial charge in [0.15, 0.2) is 0 Å². The Morgan fingerprint density at radius 2 is 2.06 bits per heavy atom. The van der Waals surface area contributed by atoms with Crippen LogP contribution in [-0.4, -0.2) is 6.04 Å². The zero-order valence-corrected chi connectivity index (χ0v) is 11.7. The standard InChI is InChI=1S/C15H19ClN2/c1-10-6-7-12(8-11(10)2)18-15-5-3-4-14(16)13(15)9-17/h3-5,10-12,18H,6-8H2,1-2H3. The van der Waals surface area contributed by atoms with E-state index in [2.05, 4.69) is 25.2 Å². The maximum absolute atomic E-state index is 9.15. The second-order valence-electron chi connectivity index (χ2n) is 5.38. The van der Waals surface area contributed by atoms with Gasteiger partial charge in [0, 0.05) is 6.04 Å². The van der Waals surface area contributed by atoms with Crippen LogP contribution in [0.25, 0.3) is 0 Å². The molecule has 1 saturated carbocycles. The average molecular weight is 263 g/mol. The van der Waals surface area contributed by atoms with Gasteiger partial charge in [0.25, 0.3) is 0 Å². The largest absolute Gasteiger partial charge is 0.381 e. The molecule has 1 aromatic carbocycles. The third-order valence-corrected chi connectivity index (χ3v) is 4.40. The van der Waals surface area contributed by atoms with Gasteiger partial charge in [-0.25, -0.2) is 0 Å². The molecule has 1 aliphatic carbocycles. The van der Waals surface area contributed by atoms with Crippen LogP contribution in [-0.2, 0) is 0 Å². The molecule has 3 heteroatoms. The predicted octanol–water partition coefficient (Wildman–Crippen LogP) is 4.45. The topological polar surface area (TPSA) is 35.8 Å². The molecule has 0 bridgehead atoms. The predicted molar refractivity (Wildman–Crippen MR) is 75.8 cm³/mol. The highest BCUT2D eigenvalue weighted by Crippen LogP contribution is 2.32. The van der Waals surface area contributed by atoms with E-state index in [0.717, 1.165) is 17.5 Å². The minimum atomic E-state index is 0.460. The summed E-state index contributed by atoms with van der Waals surface area (Å²) < 4.78 is 0. The van der Waals surface area contributed by atoms with Gasteiger partial charge in [-0.15, -0.1) is 0 Å². The summed E-state index contributed by atoms with van der Waals surface area (Å²) in [7, 11) is 0. The molecule has 1 aromatic rings. The monoisotopic (exact) mass is 262 g/mol. The normalized spacial score (nSPS) is 27.6. The van der Waals surface area contributed by atoms with Crippen molar-refractivity contribution in [3.63, 3.8) is 0 Å². The first kappa shape index (κ1) is 13.2. The van der Waals surface area contributed by atoms with Crippen LogP contribution < -0.4 is 5.32 Å². The summed E-state index contributed by atoms with van der Waals surface area (Å²) in [5.41, 5.74) is 1.43. The van der Waals surface area contributed by atoms with Crippen LogP contribution in [0.15, 0.2) is 18.2 Å². The highest BCUT2D eigenvalue weighted by atomic mass is 35.5. The van der Waals surface area contributed by atoms with Crippen molar-refractivity contribution in [3.8, 4) is 6.07 Å². The van der Waals surface area contributed by atoms with Crippen LogP contribution >= 0.6 is 11.6 Å². The summed E-state index contributed by atoms with van der Waals surface area (Å²) in [4.78, 5) is 0. The minimum absolute atomic E-state index is 0.460. The van der Waals surface area contributed by atoms with Crippen molar-refractivity contribution in [2.75, 3.05) is 5.32 Å². The molecule has 0 saturated heterocycles. The van der Waals surface area contributed by atoms with Crippen molar-refractivity contribution in [1.29, 1.82) is 5.26 Å². The van der Waals surface area contributed by atoms with Crippen LogP contribution in [0.1, 0.15) is 38.7 Å². The van der Waals surface area contributed by atoms with Crippen molar-refractivity contribution < 1.29 is 0 Å². The van der Waals surface area contributed by atoms with E-state index in [1.807, 2.05) is 12.1 Å². The van der Waals surface area contributed by atoms with Crippen molar-refractivity contribution >= 4 is 17.3 Å². The Balaban J connectivity index is 2.11. The molecule has 0 aliphatic heterocycles. The van der Waals surface area contributed by atoms with Crippen molar-refractivity contribution in [3.05, 3.63) is 28.8 Å². The number of anilines is 1. The van der Waals surface area contributed by atoms with Crippen LogP contribution in [0.5, 0.6) is 0 Å². The molecule has 18 heavy (non-hydrogen) atoms. The maximum atomic E-state index is 9.15. The molecular formula is C15H19ClN2. The molecule has 3 unspecified atom stereocenters. The molecule has 0 spiro atoms. The molecule has 96 valence electrons. The van der Waals surface area contributed by atoms with E-state index in [9.17, 15) is 0 Å². The fraction of sp³-hybridized carbons (Fsp3) is 0.533. The number of benzene rings is 1. The van der Waals surface area contributed by atoms with E-state index in [1.54, 1.807) is 6.07 Å². The van der Waals surface area contributed by atoms with Gasteiger partial charge in [0.1, 0.15) is 6.07 Å². The maximum Gasteiger partial charge on any atom is 0.103 e. The van der Waals surface area contributed by atoms with E-state index in [4.69, 9.17) is 16.9 Å². The average Bonchev–Trinajstić information content (AvgIpc) is 2.34. The van der Waals surface area contributed by atoms with Crippen LogP contribution in [0.3, 0.4) is 0 Å². The third-order valence-electron chi connectivity index (χ3n) is 4.08. The lowest BCUT2D eigenvalue weighted by Gasteiger charge is -2.33. The third kappa shape index (κ3) is 2.79. The number of halogens is 1. The van der Waals surface area contributed by atoms with Crippen LogP contribution in [0.4, 0.5) is 5.69 Å². The Bertz CT molecular complexity index is 464. The molecule has 0 heterocycles. The lowest BCUT2D eigenvalue weighted by molar-refractivity contribution is 0.261. The molecule has 0 radical (unpaired) electrons. The Labute approximate surface area is 114 Å². The summed E-state index contributed by atoms with van der Waals surface area (Å²) in [6, 6.07) is 8.23. The zero-order valence-electron chi connectivity index (χ0n) is 10.9. The van der Waals surface area contributed by atoms with Crippen molar-refractivity contribution in [2.45, 2.75) is 39.2 Å². The first-order chi connectivity index (χ1) is 8.61. The van der Waals surface area contributed by atoms with E-state index < -0.39 is 0 Å². The fourth-order valence-electron chi connectivity index (χ4n) is 2.66. The van der Waals surface area contributed by atoms with Gasteiger partial charge in [-0.3, -0.25) is 0 Å². The molecule has 1 N–H and O–H groups in total. The molecular weight excluding hydrogens is 244 g/mol. The van der Waals surface area contributed by atoms with Gasteiger partial charge in [-0.05, 0) is 43.2 Å². The van der Waals surface area contributed by atoms with Gasteiger partial charge < -0.3 is 5.32 Å². The Hall–Kier alpha value is -1.20. The second kappa shape index (κ2) is 5.63. The van der Waals surface area contributed by atoms with E-state index in [0.29, 0.717) is 16.6 Å². The molecule has 3 atom stereocenters. The van der Waals surface area contributed by atoms with Gasteiger partial charge in [0.05, 0.1) is 16.3 Å². The number of hydrogen-bond acceptors (Lipinski definition) is 2. The van der Waals surface area contributed by atoms with Gasteiger partial charge in [0.2, 0.25) is 0 Å². The highest BCUT2D eigenvalue weighted by molar-refractivity contribution is 6.32. The fourth-order valence-corrected chi connectivity index (χ4v) is 2.87. The summed E-state index contributed by atoms with van der Waals surface area (Å²) in [5.74, 6) is 1.54. The molecule has 0 amide bonds. The van der Waals surface area contributed by atoms with Gasteiger partial charge in [-0.1, -0.05) is 31.5 Å². The Morgan fingerprint density at radius 3 is 2.72 bits per heavy atom. The molecule has 0 aromatic heterocycles. The minimum Gasteiger partial charge on any atom is -0.381 e. The molecule has 2 nitrogen and oxygen atoms in total. The van der Waals surface area contributed by atoms with Gasteiger partial charge >= 0.3 is 0 Å². The second-order valence-corrected chi connectivity index (χ2v) is 5.79. The first-order valence-corrected chi connectivity index (χ1v) is 6.94. The van der Waals surface area contributed by atoms with E-state index in [1.165, 1.54) is 19.3 Å². The molecule has 2 rings (SSSR count). The number of nitriles is 1. The summed E-state index contributed by atoms with van der Waals surface area (Å²) >= 11 is 6.04. The van der Waals surface area contributed by atoms with E-state index in [-0.39, 0.29) is 0 Å². The number of nitrogens with one attached hydrogen (secondary N) is 1. The van der Waals surface area contributed by atoms with Crippen molar-refractivity contribution in [2.24, 2.45) is 11.8 Å². The summed E-state index contributed by atoms with van der Waals surface area (Å²) in [6.45, 7) is 4.63. The van der Waals surface area contributed by atoms with Gasteiger partial charge in [-0.2, -0.15) is 5.26 Å². The number of hydrogen-bond donors (Lipinski definition) is 1. The number of rotatable bonds is 2. The number of nitrogens with zero attached hydrogens (tertiary/aromatic N) is 1. The van der Waals surface area contributed by atoms with Crippen LogP contribution in [0, 0.1) is 23.2 Å². The zero-order chi connectivity index (χ0) is 13.1. The highest BCUT2D eigenvalue weighted by Gasteiger charge is 2.24. The Morgan fingerprint density at radius 1 is 1.28 bits per heavy atom. The first-order valence-electron chi connectivity index (χ1n) is 6.57. The van der Waals surface area contributed by atoms with Crippen molar-refractivity contribution in [1.82, 2.24) is 0 Å². The quantitative estimate of drug-likeness (QED) is 0.855. The molecule has 1 fully saturated rings. The smallest absolute Gasteiger partial charge is 0.103 e. The van der Waals surface area contributed by atoms with E-state index >= 15 is 0 Å².